The molecule has 1 amide bonds. The lowest BCUT2D eigenvalue weighted by molar-refractivity contribution is -0.124. The molecule has 0 bridgehead atoms. The number of benzene rings is 1. The van der Waals surface area contributed by atoms with E-state index in [1.807, 2.05) is 0 Å². The molecule has 1 heterocycles. The Kier molecular flexibility index (Phi) is 4.69. The summed E-state index contributed by atoms with van der Waals surface area (Å²) < 4.78 is 37.8. The Balaban J connectivity index is 1.92. The van der Waals surface area contributed by atoms with Gasteiger partial charge < -0.3 is 14.8 Å². The maximum atomic E-state index is 13.1. The molecule has 1 atom stereocenters. The van der Waals surface area contributed by atoms with Crippen LogP contribution in [0.2, 0.25) is 0 Å². The lowest BCUT2D eigenvalue weighted by Gasteiger charge is -2.24. The molecule has 8 heteroatoms. The van der Waals surface area contributed by atoms with E-state index < -0.39 is 16.1 Å². The van der Waals surface area contributed by atoms with Crippen molar-refractivity contribution in [2.75, 3.05) is 20.8 Å². The van der Waals surface area contributed by atoms with E-state index in [2.05, 4.69) is 5.32 Å². The summed E-state index contributed by atoms with van der Waals surface area (Å²) in [5.74, 6) is 0.456. The molecule has 132 valence electrons. The molecule has 1 aromatic rings. The van der Waals surface area contributed by atoms with Crippen molar-refractivity contribution in [2.45, 2.75) is 42.7 Å². The van der Waals surface area contributed by atoms with E-state index in [1.54, 1.807) is 12.1 Å². The van der Waals surface area contributed by atoms with Crippen molar-refractivity contribution >= 4 is 15.9 Å². The van der Waals surface area contributed by atoms with Gasteiger partial charge in [-0.2, -0.15) is 4.31 Å². The van der Waals surface area contributed by atoms with Gasteiger partial charge in [0.1, 0.15) is 22.4 Å². The molecule has 2 aliphatic rings. The van der Waals surface area contributed by atoms with Crippen LogP contribution in [0.1, 0.15) is 25.7 Å². The average Bonchev–Trinajstić information content (AvgIpc) is 3.24. The number of amides is 1. The first-order valence-electron chi connectivity index (χ1n) is 8.01. The van der Waals surface area contributed by atoms with Crippen LogP contribution >= 0.6 is 0 Å². The average molecular weight is 354 g/mol. The molecule has 1 aliphatic carbocycles. The number of sulfonamides is 1. The highest BCUT2D eigenvalue weighted by atomic mass is 32.2. The highest BCUT2D eigenvalue weighted by Crippen LogP contribution is 2.34. The van der Waals surface area contributed by atoms with Gasteiger partial charge in [0.2, 0.25) is 15.9 Å². The van der Waals surface area contributed by atoms with Crippen molar-refractivity contribution in [3.8, 4) is 11.5 Å². The zero-order chi connectivity index (χ0) is 17.3. The third kappa shape index (κ3) is 3.21. The number of nitrogens with one attached hydrogen (secondary N) is 1. The van der Waals surface area contributed by atoms with Crippen molar-refractivity contribution in [1.29, 1.82) is 0 Å². The fraction of sp³-hybridized carbons (Fsp3) is 0.562. The molecule has 1 saturated heterocycles. The van der Waals surface area contributed by atoms with Gasteiger partial charge in [-0.05, 0) is 37.8 Å². The molecule has 0 radical (unpaired) electrons. The molecule has 0 aromatic heterocycles. The Labute approximate surface area is 142 Å². The van der Waals surface area contributed by atoms with E-state index in [0.717, 1.165) is 12.8 Å². The van der Waals surface area contributed by atoms with E-state index in [4.69, 9.17) is 9.47 Å². The van der Waals surface area contributed by atoms with Crippen LogP contribution in [0.25, 0.3) is 0 Å². The van der Waals surface area contributed by atoms with Gasteiger partial charge in [0.05, 0.1) is 14.2 Å². The summed E-state index contributed by atoms with van der Waals surface area (Å²) in [6, 6.07) is 4.17. The molecule has 1 N–H and O–H groups in total. The van der Waals surface area contributed by atoms with E-state index in [9.17, 15) is 13.2 Å². The van der Waals surface area contributed by atoms with Crippen molar-refractivity contribution in [2.24, 2.45) is 0 Å². The van der Waals surface area contributed by atoms with E-state index in [0.29, 0.717) is 25.1 Å². The molecule has 1 aliphatic heterocycles. The third-order valence-electron chi connectivity index (χ3n) is 4.39. The topological polar surface area (TPSA) is 84.9 Å². The molecule has 1 aromatic carbocycles. The number of carbonyl (C=O) groups is 1. The van der Waals surface area contributed by atoms with Crippen molar-refractivity contribution in [3.63, 3.8) is 0 Å². The van der Waals surface area contributed by atoms with Crippen LogP contribution in [-0.4, -0.2) is 51.5 Å². The normalized spacial score (nSPS) is 21.5. The molecule has 3 rings (SSSR count). The lowest BCUT2D eigenvalue weighted by Crippen LogP contribution is -2.46. The van der Waals surface area contributed by atoms with Gasteiger partial charge in [-0.15, -0.1) is 0 Å². The van der Waals surface area contributed by atoms with Crippen LogP contribution in [0.3, 0.4) is 0 Å². The molecule has 7 nitrogen and oxygen atoms in total. The highest BCUT2D eigenvalue weighted by Gasteiger charge is 2.41. The fourth-order valence-electron chi connectivity index (χ4n) is 2.93. The summed E-state index contributed by atoms with van der Waals surface area (Å²) in [5, 5.41) is 2.90. The molecule has 24 heavy (non-hydrogen) atoms. The summed E-state index contributed by atoms with van der Waals surface area (Å²) >= 11 is 0. The molecule has 1 saturated carbocycles. The second-order valence-electron chi connectivity index (χ2n) is 6.07. The van der Waals surface area contributed by atoms with Crippen LogP contribution in [0.15, 0.2) is 23.1 Å². The third-order valence-corrected chi connectivity index (χ3v) is 6.32. The Morgan fingerprint density at radius 1 is 1.21 bits per heavy atom. The summed E-state index contributed by atoms with van der Waals surface area (Å²) in [6.45, 7) is 0.325. The van der Waals surface area contributed by atoms with Crippen molar-refractivity contribution in [3.05, 3.63) is 18.2 Å². The fourth-order valence-corrected chi connectivity index (χ4v) is 4.76. The predicted molar refractivity (Wildman–Crippen MR) is 87.6 cm³/mol. The van der Waals surface area contributed by atoms with Gasteiger partial charge in [-0.1, -0.05) is 0 Å². The first kappa shape index (κ1) is 17.0. The maximum absolute atomic E-state index is 13.1. The Bertz CT molecular complexity index is 730. The Hall–Kier alpha value is -1.80. The molecular formula is C16H22N2O5S. The number of rotatable bonds is 6. The second kappa shape index (κ2) is 6.60. The molecule has 2 fully saturated rings. The largest absolute Gasteiger partial charge is 0.497 e. The first-order valence-corrected chi connectivity index (χ1v) is 9.45. The first-order chi connectivity index (χ1) is 11.5. The van der Waals surface area contributed by atoms with Crippen molar-refractivity contribution < 1.29 is 22.7 Å². The lowest BCUT2D eigenvalue weighted by atomic mass is 10.2. The van der Waals surface area contributed by atoms with Gasteiger partial charge in [0.15, 0.2) is 0 Å². The maximum Gasteiger partial charge on any atom is 0.247 e. The van der Waals surface area contributed by atoms with Gasteiger partial charge >= 0.3 is 0 Å². The smallest absolute Gasteiger partial charge is 0.247 e. The zero-order valence-electron chi connectivity index (χ0n) is 13.8. The van der Waals surface area contributed by atoms with E-state index in [1.165, 1.54) is 24.6 Å². The monoisotopic (exact) mass is 354 g/mol. The van der Waals surface area contributed by atoms with Crippen LogP contribution in [-0.2, 0) is 14.8 Å². The Morgan fingerprint density at radius 2 is 1.96 bits per heavy atom. The van der Waals surface area contributed by atoms with Crippen molar-refractivity contribution in [1.82, 2.24) is 9.62 Å². The highest BCUT2D eigenvalue weighted by molar-refractivity contribution is 7.89. The zero-order valence-corrected chi connectivity index (χ0v) is 14.6. The number of methoxy groups -OCH3 is 2. The molecule has 1 unspecified atom stereocenters. The predicted octanol–water partition coefficient (Wildman–Crippen LogP) is 1.14. The van der Waals surface area contributed by atoms with Crippen LogP contribution in [0.4, 0.5) is 0 Å². The minimum Gasteiger partial charge on any atom is -0.497 e. The Morgan fingerprint density at radius 3 is 2.58 bits per heavy atom. The molecule has 0 spiro atoms. The van der Waals surface area contributed by atoms with Gasteiger partial charge in [0, 0.05) is 18.7 Å². The van der Waals surface area contributed by atoms with Gasteiger partial charge in [0.25, 0.3) is 0 Å². The van der Waals surface area contributed by atoms with Gasteiger partial charge in [-0.3, -0.25) is 4.79 Å². The number of hydrogen-bond acceptors (Lipinski definition) is 5. The number of carbonyl (C=O) groups excluding carboxylic acids is 1. The minimum atomic E-state index is -3.86. The summed E-state index contributed by atoms with van der Waals surface area (Å²) in [7, 11) is -0.965. The second-order valence-corrected chi connectivity index (χ2v) is 7.93. The van der Waals surface area contributed by atoms with Crippen LogP contribution < -0.4 is 14.8 Å². The van der Waals surface area contributed by atoms with Crippen LogP contribution in [0.5, 0.6) is 11.5 Å². The number of ether oxygens (including phenoxy) is 2. The van der Waals surface area contributed by atoms with Crippen LogP contribution in [0, 0.1) is 0 Å². The van der Waals surface area contributed by atoms with E-state index >= 15 is 0 Å². The number of nitrogens with zero attached hydrogens (tertiary/aromatic N) is 1. The van der Waals surface area contributed by atoms with E-state index in [-0.39, 0.29) is 22.6 Å². The summed E-state index contributed by atoms with van der Waals surface area (Å²) in [5.41, 5.74) is 0. The molecular weight excluding hydrogens is 332 g/mol. The quantitative estimate of drug-likeness (QED) is 0.828. The standard InChI is InChI=1S/C16H22N2O5S/c1-22-12-7-8-14(23-2)15(10-12)24(20,21)18-9-3-4-13(18)16(19)17-11-5-6-11/h7-8,10-11,13H,3-6,9H2,1-2H3,(H,17,19). The summed E-state index contributed by atoms with van der Waals surface area (Å²) in [6.07, 6.45) is 3.13. The summed E-state index contributed by atoms with van der Waals surface area (Å²) in [4.78, 5) is 12.4. The SMILES string of the molecule is COc1ccc(OC)c(S(=O)(=O)N2CCCC2C(=O)NC2CC2)c1. The van der Waals surface area contributed by atoms with Gasteiger partial charge in [-0.25, -0.2) is 8.42 Å². The minimum absolute atomic E-state index is 0.0236. The number of hydrogen-bond donors (Lipinski definition) is 1.